The van der Waals surface area contributed by atoms with Gasteiger partial charge in [-0.25, -0.2) is 4.79 Å². The van der Waals surface area contributed by atoms with Gasteiger partial charge in [0.15, 0.2) is 0 Å². The zero-order chi connectivity index (χ0) is 15.7. The lowest BCUT2D eigenvalue weighted by molar-refractivity contribution is -0.387. The number of carboxylic acids is 1. The largest absolute Gasteiger partial charge is 0.480 e. The highest BCUT2D eigenvalue weighted by Gasteiger charge is 2.39. The molecule has 21 heavy (non-hydrogen) atoms. The lowest BCUT2D eigenvalue weighted by atomic mass is 10.1. The van der Waals surface area contributed by atoms with Crippen molar-refractivity contribution in [2.75, 3.05) is 6.54 Å². The number of aliphatic hydroxyl groups excluding tert-OH is 1. The van der Waals surface area contributed by atoms with Crippen LogP contribution in [0.15, 0.2) is 18.2 Å². The number of amides is 1. The second-order valence-corrected chi connectivity index (χ2v) is 4.62. The van der Waals surface area contributed by atoms with Crippen LogP contribution in [-0.4, -0.2) is 50.6 Å². The number of carbonyl (C=O) groups is 2. The standard InChI is InChI=1S/C12H11FN2O6/c13-8-3-6(1-2-9(8)15(20)21)11(17)14-5-7(16)4-10(14)12(18)19/h1-3,7,10,16H,4-5H2,(H,18,19)/t7?,10-/m0/s1. The molecule has 2 N–H and O–H groups in total. The average Bonchev–Trinajstić information content (AvgIpc) is 2.79. The number of carboxylic acid groups (broad SMARTS) is 1. The molecule has 1 aromatic carbocycles. The predicted molar refractivity (Wildman–Crippen MR) is 66.1 cm³/mol. The third-order valence-corrected chi connectivity index (χ3v) is 3.22. The maximum Gasteiger partial charge on any atom is 0.326 e. The van der Waals surface area contributed by atoms with Crippen LogP contribution in [0.4, 0.5) is 10.1 Å². The van der Waals surface area contributed by atoms with E-state index in [0.717, 1.165) is 17.0 Å². The molecule has 1 amide bonds. The van der Waals surface area contributed by atoms with E-state index in [2.05, 4.69) is 0 Å². The number of nitro benzene ring substituents is 1. The maximum absolute atomic E-state index is 13.5. The van der Waals surface area contributed by atoms with Crippen molar-refractivity contribution < 1.29 is 29.1 Å². The number of hydrogen-bond acceptors (Lipinski definition) is 5. The van der Waals surface area contributed by atoms with Crippen LogP contribution in [0.3, 0.4) is 0 Å². The summed E-state index contributed by atoms with van der Waals surface area (Å²) in [5, 5.41) is 29.0. The Labute approximate surface area is 117 Å². The van der Waals surface area contributed by atoms with Crippen molar-refractivity contribution in [1.82, 2.24) is 4.90 Å². The summed E-state index contributed by atoms with van der Waals surface area (Å²) in [7, 11) is 0. The van der Waals surface area contributed by atoms with E-state index in [1.807, 2.05) is 0 Å². The minimum absolute atomic E-state index is 0.115. The van der Waals surface area contributed by atoms with Gasteiger partial charge in [-0.1, -0.05) is 0 Å². The maximum atomic E-state index is 13.5. The highest BCUT2D eigenvalue weighted by molar-refractivity contribution is 5.97. The molecule has 0 radical (unpaired) electrons. The lowest BCUT2D eigenvalue weighted by Gasteiger charge is -2.21. The molecule has 1 unspecified atom stereocenters. The fourth-order valence-corrected chi connectivity index (χ4v) is 2.23. The first kappa shape index (κ1) is 14.9. The van der Waals surface area contributed by atoms with E-state index >= 15 is 0 Å². The zero-order valence-corrected chi connectivity index (χ0v) is 10.6. The smallest absolute Gasteiger partial charge is 0.326 e. The Kier molecular flexibility index (Phi) is 3.85. The third kappa shape index (κ3) is 2.82. The molecule has 2 rings (SSSR count). The van der Waals surface area contributed by atoms with Crippen molar-refractivity contribution in [3.63, 3.8) is 0 Å². The molecule has 0 aromatic heterocycles. The first-order valence-electron chi connectivity index (χ1n) is 5.97. The molecule has 112 valence electrons. The van der Waals surface area contributed by atoms with E-state index in [1.165, 1.54) is 0 Å². The van der Waals surface area contributed by atoms with Crippen LogP contribution in [-0.2, 0) is 4.79 Å². The fraction of sp³-hybridized carbons (Fsp3) is 0.333. The molecule has 1 aromatic rings. The van der Waals surface area contributed by atoms with Gasteiger partial charge in [0, 0.05) is 24.6 Å². The summed E-state index contributed by atoms with van der Waals surface area (Å²) in [6.07, 6.45) is -1.09. The number of rotatable bonds is 3. The average molecular weight is 298 g/mol. The Hall–Kier alpha value is -2.55. The van der Waals surface area contributed by atoms with Gasteiger partial charge in [-0.3, -0.25) is 14.9 Å². The summed E-state index contributed by atoms with van der Waals surface area (Å²) in [6, 6.07) is 1.37. The van der Waals surface area contributed by atoms with Crippen LogP contribution < -0.4 is 0 Å². The van der Waals surface area contributed by atoms with Crippen LogP contribution in [0, 0.1) is 15.9 Å². The first-order valence-corrected chi connectivity index (χ1v) is 5.97. The Morgan fingerprint density at radius 1 is 1.43 bits per heavy atom. The van der Waals surface area contributed by atoms with Crippen molar-refractivity contribution in [1.29, 1.82) is 0 Å². The number of β-amino-alcohol motifs (C(OH)–C–C–N with tert-alkyl or cyclic N) is 1. The summed E-state index contributed by atoms with van der Waals surface area (Å²) < 4.78 is 13.5. The lowest BCUT2D eigenvalue weighted by Crippen LogP contribution is -2.40. The van der Waals surface area contributed by atoms with Gasteiger partial charge in [-0.15, -0.1) is 0 Å². The van der Waals surface area contributed by atoms with E-state index < -0.39 is 40.5 Å². The van der Waals surface area contributed by atoms with Gasteiger partial charge in [-0.05, 0) is 12.1 Å². The van der Waals surface area contributed by atoms with Crippen molar-refractivity contribution in [2.24, 2.45) is 0 Å². The van der Waals surface area contributed by atoms with E-state index in [0.29, 0.717) is 6.07 Å². The molecule has 2 atom stereocenters. The number of carbonyl (C=O) groups excluding carboxylic acids is 1. The monoisotopic (exact) mass is 298 g/mol. The molecular weight excluding hydrogens is 287 g/mol. The molecule has 1 aliphatic heterocycles. The molecule has 0 saturated carbocycles. The second kappa shape index (κ2) is 5.44. The van der Waals surface area contributed by atoms with E-state index in [-0.39, 0.29) is 18.5 Å². The molecule has 0 spiro atoms. The molecule has 1 heterocycles. The Morgan fingerprint density at radius 2 is 2.10 bits per heavy atom. The van der Waals surface area contributed by atoms with Gasteiger partial charge in [0.05, 0.1) is 11.0 Å². The van der Waals surface area contributed by atoms with Gasteiger partial charge in [-0.2, -0.15) is 4.39 Å². The number of halogens is 1. The number of nitro groups is 1. The van der Waals surface area contributed by atoms with Crippen LogP contribution in [0.2, 0.25) is 0 Å². The molecule has 8 nitrogen and oxygen atoms in total. The summed E-state index contributed by atoms with van der Waals surface area (Å²) in [4.78, 5) is 33.7. The summed E-state index contributed by atoms with van der Waals surface area (Å²) >= 11 is 0. The summed E-state index contributed by atoms with van der Waals surface area (Å²) in [5.74, 6) is -3.26. The number of aliphatic carboxylic acids is 1. The number of nitrogens with zero attached hydrogens (tertiary/aromatic N) is 2. The number of aliphatic hydroxyl groups is 1. The van der Waals surface area contributed by atoms with E-state index in [9.17, 15) is 29.2 Å². The molecule has 0 aliphatic carbocycles. The SMILES string of the molecule is O=C(O)[C@@H]1CC(O)CN1C(=O)c1ccc([N+](=O)[O-])c(F)c1. The zero-order valence-electron chi connectivity index (χ0n) is 10.6. The minimum atomic E-state index is -1.28. The number of benzene rings is 1. The van der Waals surface area contributed by atoms with Crippen molar-refractivity contribution in [2.45, 2.75) is 18.6 Å². The van der Waals surface area contributed by atoms with Crippen molar-refractivity contribution in [3.05, 3.63) is 39.7 Å². The van der Waals surface area contributed by atoms with Crippen molar-refractivity contribution >= 4 is 17.6 Å². The Bertz CT molecular complexity index is 620. The fourth-order valence-electron chi connectivity index (χ4n) is 2.23. The number of hydrogen-bond donors (Lipinski definition) is 2. The minimum Gasteiger partial charge on any atom is -0.480 e. The highest BCUT2D eigenvalue weighted by Crippen LogP contribution is 2.23. The van der Waals surface area contributed by atoms with Gasteiger partial charge < -0.3 is 15.1 Å². The Balaban J connectivity index is 2.29. The van der Waals surface area contributed by atoms with E-state index in [1.54, 1.807) is 0 Å². The second-order valence-electron chi connectivity index (χ2n) is 4.62. The van der Waals surface area contributed by atoms with Gasteiger partial charge >= 0.3 is 11.7 Å². The third-order valence-electron chi connectivity index (χ3n) is 3.22. The summed E-state index contributed by atoms with van der Waals surface area (Å²) in [5.41, 5.74) is -0.985. The quantitative estimate of drug-likeness (QED) is 0.615. The molecular formula is C12H11FN2O6. The van der Waals surface area contributed by atoms with Gasteiger partial charge in [0.2, 0.25) is 5.82 Å². The highest BCUT2D eigenvalue weighted by atomic mass is 19.1. The van der Waals surface area contributed by atoms with Crippen molar-refractivity contribution in [3.8, 4) is 0 Å². The molecule has 0 bridgehead atoms. The predicted octanol–water partition coefficient (Wildman–Crippen LogP) is 0.394. The molecule has 1 fully saturated rings. The van der Waals surface area contributed by atoms with Crippen LogP contribution in [0.5, 0.6) is 0 Å². The normalized spacial score (nSPS) is 21.3. The van der Waals surface area contributed by atoms with E-state index in [4.69, 9.17) is 5.11 Å². The summed E-state index contributed by atoms with van der Waals surface area (Å²) in [6.45, 7) is -0.186. The van der Waals surface area contributed by atoms with Crippen LogP contribution in [0.1, 0.15) is 16.8 Å². The number of likely N-dealkylation sites (tertiary alicyclic amines) is 1. The Morgan fingerprint density at radius 3 is 2.62 bits per heavy atom. The molecule has 9 heteroatoms. The topological polar surface area (TPSA) is 121 Å². The van der Waals surface area contributed by atoms with Crippen LogP contribution in [0.25, 0.3) is 0 Å². The molecule has 1 aliphatic rings. The van der Waals surface area contributed by atoms with Gasteiger partial charge in [0.25, 0.3) is 5.91 Å². The molecule has 1 saturated heterocycles. The van der Waals surface area contributed by atoms with Gasteiger partial charge in [0.1, 0.15) is 6.04 Å². The van der Waals surface area contributed by atoms with Crippen LogP contribution >= 0.6 is 0 Å². The first-order chi connectivity index (χ1) is 9.81.